The van der Waals surface area contributed by atoms with Crippen LogP contribution >= 0.6 is 15.9 Å². The third-order valence-corrected chi connectivity index (χ3v) is 4.02. The predicted molar refractivity (Wildman–Crippen MR) is 95.9 cm³/mol. The summed E-state index contributed by atoms with van der Waals surface area (Å²) in [6.07, 6.45) is 1.74. The fourth-order valence-electron chi connectivity index (χ4n) is 2.52. The largest absolute Gasteiger partial charge is 0.242 e. The van der Waals surface area contributed by atoms with Crippen LogP contribution in [0.4, 0.5) is 0 Å². The third-order valence-electron chi connectivity index (χ3n) is 3.58. The fraction of sp³-hybridized carbons (Fsp3) is 0. The molecule has 0 atom stereocenters. The van der Waals surface area contributed by atoms with E-state index in [1.54, 1.807) is 6.20 Å². The third kappa shape index (κ3) is 2.73. The number of nitrogens with zero attached hydrogens (tertiary/aromatic N) is 3. The van der Waals surface area contributed by atoms with E-state index in [1.807, 2.05) is 66.7 Å². The van der Waals surface area contributed by atoms with Crippen molar-refractivity contribution in [2.45, 2.75) is 0 Å². The maximum atomic E-state index is 4.83. The minimum Gasteiger partial charge on any atom is -0.242 e. The van der Waals surface area contributed by atoms with Gasteiger partial charge in [-0.1, -0.05) is 60.7 Å². The van der Waals surface area contributed by atoms with Gasteiger partial charge in [-0.05, 0) is 22.0 Å². The first-order valence-corrected chi connectivity index (χ1v) is 8.05. The van der Waals surface area contributed by atoms with Crippen LogP contribution in [0.25, 0.3) is 33.7 Å². The SMILES string of the molecule is Brc1cnc2nc(-c3ccccc3)c(-c3ccccc3)nc2c1. The number of pyridine rings is 1. The van der Waals surface area contributed by atoms with Crippen LogP contribution in [-0.4, -0.2) is 15.0 Å². The van der Waals surface area contributed by atoms with E-state index >= 15 is 0 Å². The molecule has 2 aromatic heterocycles. The van der Waals surface area contributed by atoms with Gasteiger partial charge >= 0.3 is 0 Å². The van der Waals surface area contributed by atoms with Crippen LogP contribution in [0.1, 0.15) is 0 Å². The second kappa shape index (κ2) is 5.89. The molecule has 0 amide bonds. The minimum atomic E-state index is 0.645. The van der Waals surface area contributed by atoms with Crippen LogP contribution < -0.4 is 0 Å². The molecule has 4 rings (SSSR count). The Labute approximate surface area is 142 Å². The quantitative estimate of drug-likeness (QED) is 0.497. The molecular weight excluding hydrogens is 350 g/mol. The molecular formula is C19H12BrN3. The monoisotopic (exact) mass is 361 g/mol. The number of hydrogen-bond acceptors (Lipinski definition) is 3. The average molecular weight is 362 g/mol. The molecule has 0 saturated carbocycles. The van der Waals surface area contributed by atoms with Crippen LogP contribution in [-0.2, 0) is 0 Å². The smallest absolute Gasteiger partial charge is 0.178 e. The number of hydrogen-bond donors (Lipinski definition) is 0. The standard InChI is InChI=1S/C19H12BrN3/c20-15-11-16-19(21-12-15)23-18(14-9-5-2-6-10-14)17(22-16)13-7-3-1-4-8-13/h1-12H. The Hall–Kier alpha value is -2.59. The molecule has 0 N–H and O–H groups in total. The highest BCUT2D eigenvalue weighted by Gasteiger charge is 2.13. The maximum absolute atomic E-state index is 4.83. The Balaban J connectivity index is 2.04. The topological polar surface area (TPSA) is 38.7 Å². The van der Waals surface area contributed by atoms with Crippen LogP contribution in [0, 0.1) is 0 Å². The highest BCUT2D eigenvalue weighted by Crippen LogP contribution is 2.30. The van der Waals surface area contributed by atoms with E-state index < -0.39 is 0 Å². The van der Waals surface area contributed by atoms with Gasteiger partial charge in [-0.3, -0.25) is 0 Å². The maximum Gasteiger partial charge on any atom is 0.178 e. The van der Waals surface area contributed by atoms with Crippen LogP contribution in [0.3, 0.4) is 0 Å². The Morgan fingerprint density at radius 2 is 1.26 bits per heavy atom. The number of benzene rings is 2. The molecule has 0 spiro atoms. The van der Waals surface area contributed by atoms with Gasteiger partial charge in [0.15, 0.2) is 5.65 Å². The molecule has 3 nitrogen and oxygen atoms in total. The van der Waals surface area contributed by atoms with E-state index in [4.69, 9.17) is 9.97 Å². The number of halogens is 1. The van der Waals surface area contributed by atoms with Crippen molar-refractivity contribution in [2.24, 2.45) is 0 Å². The summed E-state index contributed by atoms with van der Waals surface area (Å²) >= 11 is 3.45. The fourth-order valence-corrected chi connectivity index (χ4v) is 2.84. The van der Waals surface area contributed by atoms with Crippen LogP contribution in [0.2, 0.25) is 0 Å². The van der Waals surface area contributed by atoms with Crippen molar-refractivity contribution >= 4 is 27.1 Å². The Kier molecular flexibility index (Phi) is 3.60. The van der Waals surface area contributed by atoms with Crippen molar-refractivity contribution in [3.8, 4) is 22.5 Å². The van der Waals surface area contributed by atoms with Gasteiger partial charge in [0.1, 0.15) is 5.52 Å². The number of rotatable bonds is 2. The first-order valence-electron chi connectivity index (χ1n) is 7.25. The van der Waals surface area contributed by atoms with Gasteiger partial charge in [0, 0.05) is 21.8 Å². The Bertz CT molecular complexity index is 970. The first-order chi connectivity index (χ1) is 11.3. The summed E-state index contributed by atoms with van der Waals surface area (Å²) in [7, 11) is 0. The van der Waals surface area contributed by atoms with Gasteiger partial charge in [-0.25, -0.2) is 15.0 Å². The lowest BCUT2D eigenvalue weighted by Gasteiger charge is -2.10. The molecule has 0 aliphatic heterocycles. The molecule has 0 radical (unpaired) electrons. The van der Waals surface area contributed by atoms with Crippen molar-refractivity contribution < 1.29 is 0 Å². The zero-order valence-electron chi connectivity index (χ0n) is 12.1. The number of fused-ring (bicyclic) bond motifs is 1. The lowest BCUT2D eigenvalue weighted by Crippen LogP contribution is -1.96. The van der Waals surface area contributed by atoms with E-state index in [9.17, 15) is 0 Å². The Morgan fingerprint density at radius 3 is 1.87 bits per heavy atom. The van der Waals surface area contributed by atoms with Crippen LogP contribution in [0.5, 0.6) is 0 Å². The van der Waals surface area contributed by atoms with Crippen molar-refractivity contribution in [3.63, 3.8) is 0 Å². The molecule has 2 aromatic carbocycles. The van der Waals surface area contributed by atoms with Gasteiger partial charge in [-0.2, -0.15) is 0 Å². The second-order valence-corrected chi connectivity index (χ2v) is 6.06. The summed E-state index contributed by atoms with van der Waals surface area (Å²) < 4.78 is 0.894. The zero-order chi connectivity index (χ0) is 15.6. The van der Waals surface area contributed by atoms with Crippen molar-refractivity contribution in [2.75, 3.05) is 0 Å². The lowest BCUT2D eigenvalue weighted by molar-refractivity contribution is 1.22. The minimum absolute atomic E-state index is 0.645. The summed E-state index contributed by atoms with van der Waals surface area (Å²) in [6.45, 7) is 0. The second-order valence-electron chi connectivity index (χ2n) is 5.15. The predicted octanol–water partition coefficient (Wildman–Crippen LogP) is 5.12. The van der Waals surface area contributed by atoms with Gasteiger partial charge in [0.25, 0.3) is 0 Å². The highest BCUT2D eigenvalue weighted by atomic mass is 79.9. The van der Waals surface area contributed by atoms with Crippen molar-refractivity contribution in [1.82, 2.24) is 15.0 Å². The summed E-state index contributed by atoms with van der Waals surface area (Å²) in [5, 5.41) is 0. The molecule has 0 saturated heterocycles. The first kappa shape index (κ1) is 14.0. The zero-order valence-corrected chi connectivity index (χ0v) is 13.7. The molecule has 23 heavy (non-hydrogen) atoms. The molecule has 0 fully saturated rings. The van der Waals surface area contributed by atoms with E-state index in [0.29, 0.717) is 5.65 Å². The average Bonchev–Trinajstić information content (AvgIpc) is 2.62. The molecule has 0 bridgehead atoms. The molecule has 0 aliphatic rings. The summed E-state index contributed by atoms with van der Waals surface area (Å²) in [5.41, 5.74) is 5.21. The Morgan fingerprint density at radius 1 is 0.696 bits per heavy atom. The van der Waals surface area contributed by atoms with E-state index in [2.05, 4.69) is 20.9 Å². The summed E-state index contributed by atoms with van der Waals surface area (Å²) in [5.74, 6) is 0. The van der Waals surface area contributed by atoms with Crippen molar-refractivity contribution in [1.29, 1.82) is 0 Å². The molecule has 0 unspecified atom stereocenters. The molecule has 4 heteroatoms. The molecule has 110 valence electrons. The van der Waals surface area contributed by atoms with Gasteiger partial charge < -0.3 is 0 Å². The van der Waals surface area contributed by atoms with Gasteiger partial charge in [0.05, 0.1) is 11.4 Å². The van der Waals surface area contributed by atoms with E-state index in [-0.39, 0.29) is 0 Å². The van der Waals surface area contributed by atoms with E-state index in [0.717, 1.165) is 32.5 Å². The molecule has 4 aromatic rings. The van der Waals surface area contributed by atoms with Crippen LogP contribution in [0.15, 0.2) is 77.4 Å². The highest BCUT2D eigenvalue weighted by molar-refractivity contribution is 9.10. The lowest BCUT2D eigenvalue weighted by atomic mass is 10.0. The van der Waals surface area contributed by atoms with Gasteiger partial charge in [-0.15, -0.1) is 0 Å². The van der Waals surface area contributed by atoms with Gasteiger partial charge in [0.2, 0.25) is 0 Å². The molecule has 0 aliphatic carbocycles. The summed E-state index contributed by atoms with van der Waals surface area (Å²) in [4.78, 5) is 14.0. The number of aromatic nitrogens is 3. The molecule has 2 heterocycles. The van der Waals surface area contributed by atoms with Crippen molar-refractivity contribution in [3.05, 3.63) is 77.4 Å². The normalized spacial score (nSPS) is 10.8. The van der Waals surface area contributed by atoms with E-state index in [1.165, 1.54) is 0 Å². The summed E-state index contributed by atoms with van der Waals surface area (Å²) in [6, 6.07) is 22.1.